The maximum absolute atomic E-state index is 2.38. The third-order valence-electron chi connectivity index (χ3n) is 7.94. The Hall–Kier alpha value is -0.0800. The van der Waals surface area contributed by atoms with E-state index >= 15 is 0 Å². The predicted molar refractivity (Wildman–Crippen MR) is 177 cm³/mol. The van der Waals surface area contributed by atoms with Gasteiger partial charge >= 0.3 is 0 Å². The highest BCUT2D eigenvalue weighted by atomic mass is 15.3. The number of quaternary nitrogens is 2. The zero-order valence-electron chi connectivity index (χ0n) is 28.7. The van der Waals surface area contributed by atoms with Crippen molar-refractivity contribution in [3.63, 3.8) is 0 Å². The Morgan fingerprint density at radius 1 is 0.263 bits per heavy atom. The Bertz CT molecular complexity index is 386. The molecule has 0 aromatic carbocycles. The highest BCUT2D eigenvalue weighted by Crippen LogP contribution is 2.19. The monoisotopic (exact) mass is 541 g/mol. The third kappa shape index (κ3) is 33.9. The van der Waals surface area contributed by atoms with Crippen molar-refractivity contribution in [2.45, 2.75) is 182 Å². The summed E-state index contributed by atoms with van der Waals surface area (Å²) in [4.78, 5) is 0. The van der Waals surface area contributed by atoms with Crippen molar-refractivity contribution in [3.05, 3.63) is 0 Å². The van der Waals surface area contributed by atoms with Crippen LogP contribution < -0.4 is 0 Å². The Morgan fingerprint density at radius 3 is 0.684 bits per heavy atom. The van der Waals surface area contributed by atoms with E-state index < -0.39 is 0 Å². The van der Waals surface area contributed by atoms with Gasteiger partial charge in [0.25, 0.3) is 0 Å². The second kappa shape index (κ2) is 29.9. The summed E-state index contributed by atoms with van der Waals surface area (Å²) >= 11 is 0. The van der Waals surface area contributed by atoms with E-state index in [4.69, 9.17) is 0 Å². The van der Waals surface area contributed by atoms with E-state index in [0.717, 1.165) is 4.48 Å². The minimum atomic E-state index is 1.00. The van der Waals surface area contributed by atoms with Gasteiger partial charge < -0.3 is 8.97 Å². The van der Waals surface area contributed by atoms with E-state index in [-0.39, 0.29) is 0 Å². The van der Waals surface area contributed by atoms with Crippen LogP contribution in [0.5, 0.6) is 0 Å². The van der Waals surface area contributed by atoms with Gasteiger partial charge in [0.05, 0.1) is 54.4 Å². The first-order chi connectivity index (χ1) is 18.2. The number of hydrogen-bond acceptors (Lipinski definition) is 0. The number of nitrogens with zero attached hydrogens (tertiary/aromatic N) is 2. The lowest BCUT2D eigenvalue weighted by molar-refractivity contribution is -0.929. The molecule has 0 aromatic heterocycles. The van der Waals surface area contributed by atoms with Crippen LogP contribution in [0.3, 0.4) is 0 Å². The maximum atomic E-state index is 2.38. The third-order valence-corrected chi connectivity index (χ3v) is 7.94. The number of unbranched alkanes of at least 4 members (excludes halogenated alkanes) is 20. The van der Waals surface area contributed by atoms with Crippen LogP contribution in [0.1, 0.15) is 182 Å². The van der Waals surface area contributed by atoms with E-state index in [1.165, 1.54) is 185 Å². The second-order valence-corrected chi connectivity index (χ2v) is 14.0. The van der Waals surface area contributed by atoms with Crippen molar-refractivity contribution < 1.29 is 8.97 Å². The zero-order valence-corrected chi connectivity index (χ0v) is 28.7. The van der Waals surface area contributed by atoms with Crippen molar-refractivity contribution in [1.29, 1.82) is 0 Å². The minimum absolute atomic E-state index is 1.00. The van der Waals surface area contributed by atoms with Crippen molar-refractivity contribution >= 4 is 0 Å². The molecule has 0 aliphatic rings. The molecule has 0 aliphatic heterocycles. The summed E-state index contributed by atoms with van der Waals surface area (Å²) in [6.07, 6.45) is 34.8. The standard InChI is InChI=1S/C32H68N.C4H12N/c1-5-9-13-15-17-19-21-23-25-27-31-33(29-11-7-3,30-12-8-4)32-28-26-24-22-20-18-16-14-10-6-2;1-5(2,3)4/h5-32H2,1-4H3;1-4H3/q2*+1. The molecule has 0 heterocycles. The van der Waals surface area contributed by atoms with Crippen LogP contribution in [0, 0.1) is 0 Å². The van der Waals surface area contributed by atoms with Gasteiger partial charge in [0, 0.05) is 0 Å². The lowest BCUT2D eigenvalue weighted by Crippen LogP contribution is -2.50. The van der Waals surface area contributed by atoms with Crippen LogP contribution in [-0.4, -0.2) is 63.3 Å². The van der Waals surface area contributed by atoms with Gasteiger partial charge in [-0.25, -0.2) is 0 Å². The van der Waals surface area contributed by atoms with Crippen LogP contribution in [0.15, 0.2) is 0 Å². The van der Waals surface area contributed by atoms with Crippen molar-refractivity contribution in [2.24, 2.45) is 0 Å². The first kappa shape index (κ1) is 40.1. The van der Waals surface area contributed by atoms with E-state index in [0.29, 0.717) is 0 Å². The highest BCUT2D eigenvalue weighted by molar-refractivity contribution is 4.54. The van der Waals surface area contributed by atoms with Gasteiger partial charge in [0.2, 0.25) is 0 Å². The van der Waals surface area contributed by atoms with Gasteiger partial charge in [-0.15, -0.1) is 0 Å². The molecule has 0 bridgehead atoms. The normalized spacial score (nSPS) is 12.0. The van der Waals surface area contributed by atoms with Crippen molar-refractivity contribution in [1.82, 2.24) is 0 Å². The molecular weight excluding hydrogens is 460 g/mol. The molecule has 0 saturated carbocycles. The Balaban J connectivity index is 0. The summed E-state index contributed by atoms with van der Waals surface area (Å²) in [6, 6.07) is 0. The summed E-state index contributed by atoms with van der Waals surface area (Å²) in [5.74, 6) is 0. The van der Waals surface area contributed by atoms with Crippen LogP contribution >= 0.6 is 0 Å². The molecule has 0 saturated heterocycles. The first-order valence-corrected chi connectivity index (χ1v) is 17.9. The topological polar surface area (TPSA) is 0 Å². The SMILES string of the molecule is CCCCCCCCCCCC[N+](CCCC)(CCCC)CCCCCCCCCCCC.C[N+](C)(C)C. The Kier molecular flexibility index (Phi) is 31.5. The molecule has 0 aromatic rings. The molecule has 2 heteroatoms. The zero-order chi connectivity index (χ0) is 28.8. The molecule has 0 rings (SSSR count). The summed E-state index contributed by atoms with van der Waals surface area (Å²) in [5, 5.41) is 0. The van der Waals surface area contributed by atoms with Crippen LogP contribution in [-0.2, 0) is 0 Å². The van der Waals surface area contributed by atoms with Gasteiger partial charge in [-0.3, -0.25) is 0 Å². The van der Waals surface area contributed by atoms with Crippen LogP contribution in [0.25, 0.3) is 0 Å². The first-order valence-electron chi connectivity index (χ1n) is 17.9. The molecule has 0 atom stereocenters. The molecule has 0 amide bonds. The highest BCUT2D eigenvalue weighted by Gasteiger charge is 2.25. The summed E-state index contributed by atoms with van der Waals surface area (Å²) in [5.41, 5.74) is 0. The molecule has 0 aliphatic carbocycles. The van der Waals surface area contributed by atoms with Crippen molar-refractivity contribution in [3.8, 4) is 0 Å². The second-order valence-electron chi connectivity index (χ2n) is 14.0. The molecular formula is C36H80N2+2. The lowest BCUT2D eigenvalue weighted by atomic mass is 10.0. The lowest BCUT2D eigenvalue weighted by Gasteiger charge is -2.39. The molecule has 0 unspecified atom stereocenters. The van der Waals surface area contributed by atoms with E-state index in [9.17, 15) is 0 Å². The van der Waals surface area contributed by atoms with Gasteiger partial charge in [-0.1, -0.05) is 143 Å². The van der Waals surface area contributed by atoms with Gasteiger partial charge in [0.15, 0.2) is 0 Å². The van der Waals surface area contributed by atoms with E-state index in [1.807, 2.05) is 0 Å². The van der Waals surface area contributed by atoms with Gasteiger partial charge in [0.1, 0.15) is 0 Å². The quantitative estimate of drug-likeness (QED) is 0.0683. The fourth-order valence-corrected chi connectivity index (χ4v) is 5.53. The molecule has 2 nitrogen and oxygen atoms in total. The summed E-state index contributed by atoms with van der Waals surface area (Å²) in [6.45, 7) is 15.2. The smallest absolute Gasteiger partial charge is 0.0786 e. The molecule has 0 spiro atoms. The number of hydrogen-bond donors (Lipinski definition) is 0. The van der Waals surface area contributed by atoms with E-state index in [1.54, 1.807) is 0 Å². The minimum Gasteiger partial charge on any atom is -0.333 e. The van der Waals surface area contributed by atoms with Crippen molar-refractivity contribution in [2.75, 3.05) is 54.4 Å². The molecule has 0 radical (unpaired) electrons. The fourth-order valence-electron chi connectivity index (χ4n) is 5.53. The Morgan fingerprint density at radius 2 is 0.447 bits per heavy atom. The number of rotatable bonds is 28. The summed E-state index contributed by atoms with van der Waals surface area (Å²) < 4.78 is 2.45. The van der Waals surface area contributed by atoms with Crippen LogP contribution in [0.4, 0.5) is 0 Å². The summed E-state index contributed by atoms with van der Waals surface area (Å²) in [7, 11) is 8.50. The molecule has 232 valence electrons. The largest absolute Gasteiger partial charge is 0.333 e. The van der Waals surface area contributed by atoms with Gasteiger partial charge in [-0.05, 0) is 38.5 Å². The maximum Gasteiger partial charge on any atom is 0.0786 e. The molecule has 0 N–H and O–H groups in total. The Labute approximate surface area is 244 Å². The molecule has 0 fully saturated rings. The fraction of sp³-hybridized carbons (Fsp3) is 1.00. The average Bonchev–Trinajstić information content (AvgIpc) is 2.87. The average molecular weight is 541 g/mol. The molecule has 38 heavy (non-hydrogen) atoms. The predicted octanol–water partition coefficient (Wildman–Crippen LogP) is 11.6. The van der Waals surface area contributed by atoms with Crippen LogP contribution in [0.2, 0.25) is 0 Å². The van der Waals surface area contributed by atoms with Gasteiger partial charge in [-0.2, -0.15) is 0 Å². The van der Waals surface area contributed by atoms with E-state index in [2.05, 4.69) is 55.9 Å².